The van der Waals surface area contributed by atoms with Crippen LogP contribution in [-0.2, 0) is 0 Å². The predicted molar refractivity (Wildman–Crippen MR) is 75.6 cm³/mol. The van der Waals surface area contributed by atoms with Crippen LogP contribution in [0.15, 0.2) is 16.7 Å². The molecule has 0 radical (unpaired) electrons. The van der Waals surface area contributed by atoms with Gasteiger partial charge in [0.25, 0.3) is 0 Å². The van der Waals surface area contributed by atoms with Gasteiger partial charge in [-0.25, -0.2) is 4.39 Å². The molecule has 0 unspecified atom stereocenters. The molecule has 5 rings (SSSR count). The maximum absolute atomic E-state index is 14.0. The van der Waals surface area contributed by atoms with Crippen LogP contribution in [0, 0.1) is 11.7 Å². The fourth-order valence-electron chi connectivity index (χ4n) is 3.40. The van der Waals surface area contributed by atoms with E-state index in [0.717, 1.165) is 6.54 Å². The number of rotatable bonds is 2. The summed E-state index contributed by atoms with van der Waals surface area (Å²) in [6.45, 7) is 3.34. The molecule has 2 aromatic rings. The molecule has 0 spiro atoms. The molecule has 3 saturated heterocycles. The zero-order valence-electron chi connectivity index (χ0n) is 10.9. The lowest BCUT2D eigenvalue weighted by atomic mass is 9.84. The van der Waals surface area contributed by atoms with E-state index in [2.05, 4.69) is 15.4 Å². The quantitative estimate of drug-likeness (QED) is 0.924. The first kappa shape index (κ1) is 12.4. The van der Waals surface area contributed by atoms with Crippen LogP contribution < -0.4 is 5.32 Å². The summed E-state index contributed by atoms with van der Waals surface area (Å²) in [7, 11) is 0. The standard InChI is InChI=1S/C14H15ClFN3O/c15-9-5-10(16)13-12(6-9)20-18-14(13)17-11-7-19-3-1-8(11)2-4-19/h5-6,8,11H,1-4,7H2,(H,17,18)/t11-/m0/s1. The molecule has 2 bridgehead atoms. The van der Waals surface area contributed by atoms with Crippen LogP contribution in [0.1, 0.15) is 12.8 Å². The molecule has 1 N–H and O–H groups in total. The Kier molecular flexibility index (Phi) is 2.86. The van der Waals surface area contributed by atoms with Crippen LogP contribution in [0.25, 0.3) is 11.0 Å². The van der Waals surface area contributed by atoms with Crippen molar-refractivity contribution in [3.8, 4) is 0 Å². The lowest BCUT2D eigenvalue weighted by Gasteiger charge is -2.44. The molecule has 6 heteroatoms. The first-order chi connectivity index (χ1) is 9.70. The summed E-state index contributed by atoms with van der Waals surface area (Å²) in [6, 6.07) is 3.21. The van der Waals surface area contributed by atoms with E-state index in [9.17, 15) is 4.39 Å². The van der Waals surface area contributed by atoms with Gasteiger partial charge in [-0.05, 0) is 37.9 Å². The predicted octanol–water partition coefficient (Wildman–Crippen LogP) is 3.13. The molecule has 1 aromatic carbocycles. The maximum Gasteiger partial charge on any atom is 0.180 e. The highest BCUT2D eigenvalue weighted by molar-refractivity contribution is 6.31. The van der Waals surface area contributed by atoms with Crippen LogP contribution in [0.2, 0.25) is 5.02 Å². The number of piperidine rings is 3. The second kappa shape index (κ2) is 4.60. The minimum absolute atomic E-state index is 0.320. The van der Waals surface area contributed by atoms with Crippen LogP contribution >= 0.6 is 11.6 Å². The second-order valence-electron chi connectivity index (χ2n) is 5.68. The van der Waals surface area contributed by atoms with Crippen molar-refractivity contribution >= 4 is 28.4 Å². The van der Waals surface area contributed by atoms with Gasteiger partial charge >= 0.3 is 0 Å². The zero-order valence-corrected chi connectivity index (χ0v) is 11.7. The third-order valence-corrected chi connectivity index (χ3v) is 4.69. The van der Waals surface area contributed by atoms with Crippen LogP contribution in [0.4, 0.5) is 10.2 Å². The molecule has 3 aliphatic heterocycles. The van der Waals surface area contributed by atoms with Crippen molar-refractivity contribution < 1.29 is 8.91 Å². The summed E-state index contributed by atoms with van der Waals surface area (Å²) in [5.41, 5.74) is 0.388. The van der Waals surface area contributed by atoms with Gasteiger partial charge in [-0.1, -0.05) is 16.8 Å². The Morgan fingerprint density at radius 1 is 1.35 bits per heavy atom. The summed E-state index contributed by atoms with van der Waals surface area (Å²) < 4.78 is 19.2. The smallest absolute Gasteiger partial charge is 0.180 e. The Morgan fingerprint density at radius 2 is 2.15 bits per heavy atom. The van der Waals surface area contributed by atoms with Crippen molar-refractivity contribution in [2.24, 2.45) is 5.92 Å². The summed E-state index contributed by atoms with van der Waals surface area (Å²) in [4.78, 5) is 2.44. The van der Waals surface area contributed by atoms with Crippen LogP contribution in [-0.4, -0.2) is 35.7 Å². The summed E-state index contributed by atoms with van der Waals surface area (Å²) in [6.07, 6.45) is 2.39. The van der Waals surface area contributed by atoms with E-state index in [4.69, 9.17) is 16.1 Å². The van der Waals surface area contributed by atoms with E-state index < -0.39 is 5.82 Å². The van der Waals surface area contributed by atoms with E-state index in [-0.39, 0.29) is 0 Å². The topological polar surface area (TPSA) is 41.3 Å². The number of benzene rings is 1. The van der Waals surface area contributed by atoms with E-state index >= 15 is 0 Å². The highest BCUT2D eigenvalue weighted by Crippen LogP contribution is 2.33. The highest BCUT2D eigenvalue weighted by Gasteiger charge is 2.34. The van der Waals surface area contributed by atoms with Crippen molar-refractivity contribution in [2.75, 3.05) is 25.0 Å². The summed E-state index contributed by atoms with van der Waals surface area (Å²) >= 11 is 5.82. The Bertz CT molecular complexity index is 651. The van der Waals surface area contributed by atoms with Gasteiger partial charge in [-0.15, -0.1) is 0 Å². The number of nitrogens with zero attached hydrogens (tertiary/aromatic N) is 2. The Balaban J connectivity index is 1.66. The van der Waals surface area contributed by atoms with Crippen molar-refractivity contribution in [3.63, 3.8) is 0 Å². The van der Waals surface area contributed by atoms with Gasteiger partial charge in [-0.3, -0.25) is 0 Å². The minimum Gasteiger partial charge on any atom is -0.362 e. The van der Waals surface area contributed by atoms with Gasteiger partial charge in [0.1, 0.15) is 11.2 Å². The molecule has 3 aliphatic rings. The first-order valence-corrected chi connectivity index (χ1v) is 7.32. The van der Waals surface area contributed by atoms with Gasteiger partial charge in [0.2, 0.25) is 0 Å². The average molecular weight is 296 g/mol. The van der Waals surface area contributed by atoms with E-state index in [1.165, 1.54) is 32.0 Å². The molecule has 20 heavy (non-hydrogen) atoms. The minimum atomic E-state index is -0.391. The molecule has 4 nitrogen and oxygen atoms in total. The van der Waals surface area contributed by atoms with Crippen molar-refractivity contribution in [2.45, 2.75) is 18.9 Å². The fourth-order valence-corrected chi connectivity index (χ4v) is 3.59. The lowest BCUT2D eigenvalue weighted by Crippen LogP contribution is -2.53. The van der Waals surface area contributed by atoms with Gasteiger partial charge in [0, 0.05) is 23.7 Å². The molecule has 3 fully saturated rings. The molecule has 106 valence electrons. The van der Waals surface area contributed by atoms with Gasteiger partial charge in [0.05, 0.1) is 0 Å². The monoisotopic (exact) mass is 295 g/mol. The Morgan fingerprint density at radius 3 is 2.85 bits per heavy atom. The number of hydrogen-bond acceptors (Lipinski definition) is 4. The zero-order chi connectivity index (χ0) is 13.7. The molecule has 4 heterocycles. The lowest BCUT2D eigenvalue weighted by molar-refractivity contribution is 0.0973. The number of fused-ring (bicyclic) bond motifs is 4. The van der Waals surface area contributed by atoms with Crippen molar-refractivity contribution in [1.29, 1.82) is 0 Å². The van der Waals surface area contributed by atoms with Crippen LogP contribution in [0.3, 0.4) is 0 Å². The molecule has 0 saturated carbocycles. The van der Waals surface area contributed by atoms with Gasteiger partial charge in [-0.2, -0.15) is 0 Å². The highest BCUT2D eigenvalue weighted by atomic mass is 35.5. The van der Waals surface area contributed by atoms with E-state index in [1.807, 2.05) is 0 Å². The van der Waals surface area contributed by atoms with Crippen molar-refractivity contribution in [1.82, 2.24) is 10.1 Å². The first-order valence-electron chi connectivity index (χ1n) is 6.94. The maximum atomic E-state index is 14.0. The number of hydrogen-bond donors (Lipinski definition) is 1. The number of nitrogens with one attached hydrogen (secondary N) is 1. The molecule has 0 amide bonds. The molecular formula is C14H15ClFN3O. The largest absolute Gasteiger partial charge is 0.362 e. The Hall–Kier alpha value is -1.33. The summed E-state index contributed by atoms with van der Waals surface area (Å²) in [5, 5.41) is 8.05. The number of halogens is 2. The van der Waals surface area contributed by atoms with Gasteiger partial charge in [0.15, 0.2) is 11.4 Å². The Labute approximate surface area is 120 Å². The molecular weight excluding hydrogens is 281 g/mol. The van der Waals surface area contributed by atoms with Gasteiger partial charge < -0.3 is 14.7 Å². The molecule has 1 aromatic heterocycles. The normalized spacial score (nSPS) is 29.0. The molecule has 0 aliphatic carbocycles. The second-order valence-corrected chi connectivity index (χ2v) is 6.12. The third kappa shape index (κ3) is 1.96. The SMILES string of the molecule is Fc1cc(Cl)cc2onc(N[C@H]3CN4CCC3CC4)c12. The van der Waals surface area contributed by atoms with Crippen LogP contribution in [0.5, 0.6) is 0 Å². The van der Waals surface area contributed by atoms with E-state index in [1.54, 1.807) is 6.07 Å². The van der Waals surface area contributed by atoms with Crippen molar-refractivity contribution in [3.05, 3.63) is 23.0 Å². The molecule has 1 atom stereocenters. The fraction of sp³-hybridized carbons (Fsp3) is 0.500. The van der Waals surface area contributed by atoms with E-state index in [0.29, 0.717) is 33.8 Å². The average Bonchev–Trinajstić information content (AvgIpc) is 2.83. The summed E-state index contributed by atoms with van der Waals surface area (Å²) in [5.74, 6) is 0.743. The number of aromatic nitrogens is 1. The number of anilines is 1. The third-order valence-electron chi connectivity index (χ3n) is 4.47.